The van der Waals surface area contributed by atoms with Crippen LogP contribution in [0.3, 0.4) is 0 Å². The molecular weight excluding hydrogens is 308 g/mol. The third kappa shape index (κ3) is 1.99. The maximum Gasteiger partial charge on any atom is 0.106 e. The van der Waals surface area contributed by atoms with E-state index in [1.165, 1.54) is 10.5 Å². The molecular formula is C15H11ClN2S2. The van der Waals surface area contributed by atoms with Crippen molar-refractivity contribution in [3.63, 3.8) is 0 Å². The molecule has 20 heavy (non-hydrogen) atoms. The van der Waals surface area contributed by atoms with E-state index in [0.29, 0.717) is 6.04 Å². The number of nitrogens with zero attached hydrogens (tertiary/aromatic N) is 1. The van der Waals surface area contributed by atoms with Gasteiger partial charge in [-0.3, -0.25) is 0 Å². The van der Waals surface area contributed by atoms with Gasteiger partial charge in [-0.1, -0.05) is 29.8 Å². The number of hydrogen-bond donors (Lipinski definition) is 1. The number of thiazole rings is 1. The first-order chi connectivity index (χ1) is 9.83. The summed E-state index contributed by atoms with van der Waals surface area (Å²) in [4.78, 5) is 5.80. The number of aromatic nitrogens is 1. The van der Waals surface area contributed by atoms with E-state index in [1.807, 2.05) is 29.4 Å². The molecule has 1 aliphatic heterocycles. The molecule has 1 atom stereocenters. The summed E-state index contributed by atoms with van der Waals surface area (Å²) < 4.78 is 1.16. The summed E-state index contributed by atoms with van der Waals surface area (Å²) >= 11 is 9.88. The van der Waals surface area contributed by atoms with Gasteiger partial charge in [0.05, 0.1) is 27.0 Å². The Morgan fingerprint density at radius 1 is 1.20 bits per heavy atom. The highest BCUT2D eigenvalue weighted by Crippen LogP contribution is 2.42. The van der Waals surface area contributed by atoms with Gasteiger partial charge in [0.15, 0.2) is 0 Å². The monoisotopic (exact) mass is 318 g/mol. The second-order valence-electron chi connectivity index (χ2n) is 4.67. The number of benzene rings is 2. The predicted octanol–water partition coefficient (Wildman–Crippen LogP) is 5.21. The van der Waals surface area contributed by atoms with Crippen molar-refractivity contribution in [3.8, 4) is 0 Å². The molecule has 100 valence electrons. The van der Waals surface area contributed by atoms with Crippen LogP contribution in [0.1, 0.15) is 11.6 Å². The van der Waals surface area contributed by atoms with E-state index in [-0.39, 0.29) is 0 Å². The Bertz CT molecular complexity index is 784. The summed E-state index contributed by atoms with van der Waals surface area (Å²) in [6, 6.07) is 12.8. The number of hydrogen-bond acceptors (Lipinski definition) is 4. The molecule has 1 aliphatic rings. The fourth-order valence-corrected chi connectivity index (χ4v) is 4.55. The molecule has 2 nitrogen and oxygen atoms in total. The minimum absolute atomic E-state index is 0.293. The SMILES string of the molecule is Clc1ccc2scnc2c1NC1CSc2ccccc21. The highest BCUT2D eigenvalue weighted by molar-refractivity contribution is 7.99. The van der Waals surface area contributed by atoms with Gasteiger partial charge in [0, 0.05) is 10.6 Å². The summed E-state index contributed by atoms with van der Waals surface area (Å²) in [5.74, 6) is 1.02. The Balaban J connectivity index is 1.76. The van der Waals surface area contributed by atoms with Gasteiger partial charge in [-0.15, -0.1) is 23.1 Å². The van der Waals surface area contributed by atoms with E-state index in [2.05, 4.69) is 34.6 Å². The third-order valence-electron chi connectivity index (χ3n) is 3.47. The molecule has 2 heterocycles. The molecule has 4 rings (SSSR count). The lowest BCUT2D eigenvalue weighted by Gasteiger charge is -2.16. The smallest absolute Gasteiger partial charge is 0.106 e. The maximum absolute atomic E-state index is 6.36. The number of anilines is 1. The van der Waals surface area contributed by atoms with Gasteiger partial charge >= 0.3 is 0 Å². The van der Waals surface area contributed by atoms with E-state index < -0.39 is 0 Å². The van der Waals surface area contributed by atoms with Crippen LogP contribution in [0.2, 0.25) is 5.02 Å². The summed E-state index contributed by atoms with van der Waals surface area (Å²) in [5.41, 5.74) is 5.13. The number of halogens is 1. The van der Waals surface area contributed by atoms with Gasteiger partial charge in [-0.2, -0.15) is 0 Å². The van der Waals surface area contributed by atoms with Crippen LogP contribution in [0.5, 0.6) is 0 Å². The molecule has 1 unspecified atom stereocenters. The standard InChI is InChI=1S/C15H11ClN2S2/c16-10-5-6-13-15(17-8-20-13)14(10)18-11-7-19-12-4-2-1-3-9(11)12/h1-6,8,11,18H,7H2. The predicted molar refractivity (Wildman–Crippen MR) is 88.2 cm³/mol. The van der Waals surface area contributed by atoms with Gasteiger partial charge in [0.25, 0.3) is 0 Å². The second kappa shape index (κ2) is 4.95. The van der Waals surface area contributed by atoms with Crippen LogP contribution in [-0.2, 0) is 0 Å². The minimum atomic E-state index is 0.293. The lowest BCUT2D eigenvalue weighted by molar-refractivity contribution is 0.902. The molecule has 0 bridgehead atoms. The van der Waals surface area contributed by atoms with Crippen molar-refractivity contribution in [1.29, 1.82) is 0 Å². The largest absolute Gasteiger partial charge is 0.374 e. The van der Waals surface area contributed by atoms with E-state index in [1.54, 1.807) is 11.3 Å². The van der Waals surface area contributed by atoms with Crippen molar-refractivity contribution in [2.24, 2.45) is 0 Å². The number of fused-ring (bicyclic) bond motifs is 2. The molecule has 1 aromatic heterocycles. The molecule has 0 spiro atoms. The molecule has 2 aromatic carbocycles. The molecule has 0 radical (unpaired) electrons. The Kier molecular flexibility index (Phi) is 3.10. The molecule has 5 heteroatoms. The lowest BCUT2D eigenvalue weighted by Crippen LogP contribution is -2.10. The van der Waals surface area contributed by atoms with Crippen LogP contribution in [0.4, 0.5) is 5.69 Å². The highest BCUT2D eigenvalue weighted by Gasteiger charge is 2.24. The molecule has 0 saturated carbocycles. The fraction of sp³-hybridized carbons (Fsp3) is 0.133. The molecule has 0 fully saturated rings. The van der Waals surface area contributed by atoms with E-state index >= 15 is 0 Å². The van der Waals surface area contributed by atoms with E-state index in [9.17, 15) is 0 Å². The first-order valence-corrected chi connectivity index (χ1v) is 8.57. The zero-order chi connectivity index (χ0) is 13.5. The van der Waals surface area contributed by atoms with Crippen LogP contribution in [0, 0.1) is 0 Å². The van der Waals surface area contributed by atoms with Crippen LogP contribution in [0.15, 0.2) is 46.8 Å². The first-order valence-electron chi connectivity index (χ1n) is 6.33. The Hall–Kier alpha value is -1.23. The lowest BCUT2D eigenvalue weighted by atomic mass is 10.1. The van der Waals surface area contributed by atoms with Crippen LogP contribution in [-0.4, -0.2) is 10.7 Å². The third-order valence-corrected chi connectivity index (χ3v) is 5.76. The van der Waals surface area contributed by atoms with Gasteiger partial charge in [0.1, 0.15) is 5.52 Å². The van der Waals surface area contributed by atoms with Crippen molar-refractivity contribution in [2.45, 2.75) is 10.9 Å². The summed E-state index contributed by atoms with van der Waals surface area (Å²) in [6.07, 6.45) is 0. The summed E-state index contributed by atoms with van der Waals surface area (Å²) in [5, 5.41) is 4.32. The van der Waals surface area contributed by atoms with E-state index in [4.69, 9.17) is 11.6 Å². The number of nitrogens with one attached hydrogen (secondary N) is 1. The normalized spacial score (nSPS) is 17.4. The fourth-order valence-electron chi connectivity index (χ4n) is 2.50. The summed E-state index contributed by atoms with van der Waals surface area (Å²) in [7, 11) is 0. The molecule has 0 saturated heterocycles. The van der Waals surface area contributed by atoms with Gasteiger partial charge in [0.2, 0.25) is 0 Å². The minimum Gasteiger partial charge on any atom is -0.374 e. The zero-order valence-electron chi connectivity index (χ0n) is 10.5. The van der Waals surface area contributed by atoms with Gasteiger partial charge < -0.3 is 5.32 Å². The Labute approximate surface area is 130 Å². The van der Waals surface area contributed by atoms with Crippen molar-refractivity contribution >= 4 is 50.6 Å². The molecule has 0 amide bonds. The van der Waals surface area contributed by atoms with Crippen molar-refractivity contribution in [2.75, 3.05) is 11.1 Å². The highest BCUT2D eigenvalue weighted by atomic mass is 35.5. The molecule has 3 aromatic rings. The zero-order valence-corrected chi connectivity index (χ0v) is 12.9. The number of rotatable bonds is 2. The average molecular weight is 319 g/mol. The molecule has 0 aliphatic carbocycles. The topological polar surface area (TPSA) is 24.9 Å². The van der Waals surface area contributed by atoms with Crippen molar-refractivity contribution < 1.29 is 0 Å². The van der Waals surface area contributed by atoms with E-state index in [0.717, 1.165) is 26.7 Å². The quantitative estimate of drug-likeness (QED) is 0.702. The van der Waals surface area contributed by atoms with Crippen molar-refractivity contribution in [1.82, 2.24) is 4.98 Å². The van der Waals surface area contributed by atoms with Crippen LogP contribution >= 0.6 is 34.7 Å². The maximum atomic E-state index is 6.36. The van der Waals surface area contributed by atoms with Crippen LogP contribution < -0.4 is 5.32 Å². The van der Waals surface area contributed by atoms with Gasteiger partial charge in [-0.25, -0.2) is 4.98 Å². The Morgan fingerprint density at radius 3 is 3.05 bits per heavy atom. The average Bonchev–Trinajstić information content (AvgIpc) is 3.09. The molecule has 1 N–H and O–H groups in total. The second-order valence-corrected chi connectivity index (χ2v) is 7.02. The summed E-state index contributed by atoms with van der Waals surface area (Å²) in [6.45, 7) is 0. The number of thioether (sulfide) groups is 1. The first kappa shape index (κ1) is 12.5. The Morgan fingerprint density at radius 2 is 2.10 bits per heavy atom. The van der Waals surface area contributed by atoms with Gasteiger partial charge in [-0.05, 0) is 23.8 Å². The van der Waals surface area contributed by atoms with Crippen molar-refractivity contribution in [3.05, 3.63) is 52.5 Å². The van der Waals surface area contributed by atoms with Crippen LogP contribution in [0.25, 0.3) is 10.2 Å².